The zero-order valence-corrected chi connectivity index (χ0v) is 16.4. The number of morpholine rings is 1. The van der Waals surface area contributed by atoms with E-state index in [4.69, 9.17) is 4.74 Å². The molecule has 142 valence electrons. The maximum absolute atomic E-state index is 6.01. The SMILES string of the molecule is CCc1nn(C)cc1CN1CCN(C[C@@H]2CN(C(C)C)CCO2)CC1. The van der Waals surface area contributed by atoms with Crippen LogP contribution in [0.15, 0.2) is 6.20 Å². The first kappa shape index (κ1) is 18.8. The van der Waals surface area contributed by atoms with Gasteiger partial charge in [0.25, 0.3) is 0 Å². The Labute approximate surface area is 152 Å². The number of rotatable bonds is 6. The summed E-state index contributed by atoms with van der Waals surface area (Å²) in [6.45, 7) is 16.5. The van der Waals surface area contributed by atoms with Gasteiger partial charge in [0.05, 0.1) is 18.4 Å². The van der Waals surface area contributed by atoms with E-state index in [2.05, 4.69) is 46.8 Å². The van der Waals surface area contributed by atoms with E-state index in [0.717, 1.165) is 65.4 Å². The van der Waals surface area contributed by atoms with Crippen LogP contribution in [0.4, 0.5) is 0 Å². The summed E-state index contributed by atoms with van der Waals surface area (Å²) in [4.78, 5) is 7.68. The quantitative estimate of drug-likeness (QED) is 0.772. The number of hydrogen-bond donors (Lipinski definition) is 0. The Bertz CT molecular complexity index is 536. The Balaban J connectivity index is 1.44. The van der Waals surface area contributed by atoms with Crippen LogP contribution in [-0.4, -0.2) is 89.0 Å². The molecule has 2 saturated heterocycles. The first-order valence-electron chi connectivity index (χ1n) is 9.87. The van der Waals surface area contributed by atoms with Gasteiger partial charge in [0.1, 0.15) is 0 Å². The monoisotopic (exact) mass is 349 g/mol. The van der Waals surface area contributed by atoms with Crippen LogP contribution < -0.4 is 0 Å². The van der Waals surface area contributed by atoms with Crippen molar-refractivity contribution in [2.45, 2.75) is 45.9 Å². The maximum Gasteiger partial charge on any atom is 0.0829 e. The lowest BCUT2D eigenvalue weighted by molar-refractivity contribution is -0.0565. The van der Waals surface area contributed by atoms with Gasteiger partial charge < -0.3 is 4.74 Å². The third-order valence-corrected chi connectivity index (χ3v) is 5.55. The lowest BCUT2D eigenvalue weighted by atomic mass is 10.1. The van der Waals surface area contributed by atoms with Crippen LogP contribution in [0.2, 0.25) is 0 Å². The predicted molar refractivity (Wildman–Crippen MR) is 101 cm³/mol. The van der Waals surface area contributed by atoms with E-state index in [1.165, 1.54) is 11.3 Å². The maximum atomic E-state index is 6.01. The van der Waals surface area contributed by atoms with Gasteiger partial charge in [0.15, 0.2) is 0 Å². The van der Waals surface area contributed by atoms with Gasteiger partial charge in [-0.25, -0.2) is 0 Å². The van der Waals surface area contributed by atoms with Crippen molar-refractivity contribution in [2.75, 3.05) is 52.4 Å². The molecule has 1 aromatic rings. The molecule has 0 aromatic carbocycles. The lowest BCUT2D eigenvalue weighted by Gasteiger charge is -2.40. The number of aryl methyl sites for hydroxylation is 2. The van der Waals surface area contributed by atoms with Crippen molar-refractivity contribution < 1.29 is 4.74 Å². The molecular formula is C19H35N5O. The fourth-order valence-electron chi connectivity index (χ4n) is 3.99. The van der Waals surface area contributed by atoms with Crippen LogP contribution in [0.25, 0.3) is 0 Å². The Morgan fingerprint density at radius 3 is 2.56 bits per heavy atom. The highest BCUT2D eigenvalue weighted by molar-refractivity contribution is 5.17. The van der Waals surface area contributed by atoms with Crippen molar-refractivity contribution in [1.82, 2.24) is 24.5 Å². The molecule has 6 heteroatoms. The van der Waals surface area contributed by atoms with Gasteiger partial charge in [-0.05, 0) is 20.3 Å². The standard InChI is InChI=1S/C19H35N5O/c1-5-19-17(12-21(4)20-19)13-22-6-8-23(9-7-22)14-18-15-24(16(2)3)10-11-25-18/h12,16,18H,5-11,13-15H2,1-4H3/t18-/m1/s1. The average Bonchev–Trinajstić information content (AvgIpc) is 2.96. The number of hydrogen-bond acceptors (Lipinski definition) is 5. The van der Waals surface area contributed by atoms with Gasteiger partial charge in [0, 0.05) is 77.2 Å². The largest absolute Gasteiger partial charge is 0.374 e. The minimum absolute atomic E-state index is 0.368. The molecule has 0 N–H and O–H groups in total. The summed E-state index contributed by atoms with van der Waals surface area (Å²) in [5.74, 6) is 0. The molecule has 0 aliphatic carbocycles. The summed E-state index contributed by atoms with van der Waals surface area (Å²) in [6.07, 6.45) is 3.57. The highest BCUT2D eigenvalue weighted by Crippen LogP contribution is 2.15. The first-order chi connectivity index (χ1) is 12.0. The van der Waals surface area contributed by atoms with Crippen molar-refractivity contribution >= 4 is 0 Å². The molecule has 3 heterocycles. The highest BCUT2D eigenvalue weighted by atomic mass is 16.5. The number of piperazine rings is 1. The summed E-state index contributed by atoms with van der Waals surface area (Å²) < 4.78 is 7.96. The van der Waals surface area contributed by atoms with Crippen LogP contribution in [0, 0.1) is 0 Å². The smallest absolute Gasteiger partial charge is 0.0829 e. The third kappa shape index (κ3) is 5.03. The van der Waals surface area contributed by atoms with Gasteiger partial charge in [0.2, 0.25) is 0 Å². The second-order valence-electron chi connectivity index (χ2n) is 7.79. The lowest BCUT2D eigenvalue weighted by Crippen LogP contribution is -2.53. The molecule has 2 aliphatic rings. The fourth-order valence-corrected chi connectivity index (χ4v) is 3.99. The summed E-state index contributed by atoms with van der Waals surface area (Å²) in [5, 5.41) is 4.57. The van der Waals surface area contributed by atoms with Gasteiger partial charge in [-0.3, -0.25) is 19.4 Å². The third-order valence-electron chi connectivity index (χ3n) is 5.55. The van der Waals surface area contributed by atoms with Crippen molar-refractivity contribution in [2.24, 2.45) is 7.05 Å². The van der Waals surface area contributed by atoms with Crippen molar-refractivity contribution in [3.8, 4) is 0 Å². The molecule has 2 aliphatic heterocycles. The van der Waals surface area contributed by atoms with E-state index in [0.29, 0.717) is 12.1 Å². The summed E-state index contributed by atoms with van der Waals surface area (Å²) in [7, 11) is 2.02. The van der Waals surface area contributed by atoms with Crippen molar-refractivity contribution in [1.29, 1.82) is 0 Å². The zero-order valence-electron chi connectivity index (χ0n) is 16.4. The normalized spacial score (nSPS) is 24.3. The molecule has 0 radical (unpaired) electrons. The van der Waals surface area contributed by atoms with Gasteiger partial charge in [-0.2, -0.15) is 5.10 Å². The minimum atomic E-state index is 0.368. The Hall–Kier alpha value is -0.950. The highest BCUT2D eigenvalue weighted by Gasteiger charge is 2.26. The second-order valence-corrected chi connectivity index (χ2v) is 7.79. The molecule has 0 unspecified atom stereocenters. The van der Waals surface area contributed by atoms with E-state index in [-0.39, 0.29) is 0 Å². The van der Waals surface area contributed by atoms with E-state index in [9.17, 15) is 0 Å². The molecule has 2 fully saturated rings. The molecule has 0 bridgehead atoms. The van der Waals surface area contributed by atoms with Crippen molar-refractivity contribution in [3.05, 3.63) is 17.5 Å². The minimum Gasteiger partial charge on any atom is -0.374 e. The molecule has 25 heavy (non-hydrogen) atoms. The van der Waals surface area contributed by atoms with Crippen LogP contribution in [0.5, 0.6) is 0 Å². The molecule has 0 spiro atoms. The molecule has 1 aromatic heterocycles. The fraction of sp³-hybridized carbons (Fsp3) is 0.842. The second kappa shape index (κ2) is 8.62. The predicted octanol–water partition coefficient (Wildman–Crippen LogP) is 1.21. The van der Waals surface area contributed by atoms with E-state index < -0.39 is 0 Å². The number of nitrogens with zero attached hydrogens (tertiary/aromatic N) is 5. The average molecular weight is 350 g/mol. The molecule has 0 amide bonds. The molecule has 6 nitrogen and oxygen atoms in total. The summed E-state index contributed by atoms with van der Waals surface area (Å²) >= 11 is 0. The number of aromatic nitrogens is 2. The summed E-state index contributed by atoms with van der Waals surface area (Å²) in [6, 6.07) is 0.621. The van der Waals surface area contributed by atoms with E-state index >= 15 is 0 Å². The van der Waals surface area contributed by atoms with Crippen LogP contribution in [0.3, 0.4) is 0 Å². The molecule has 3 rings (SSSR count). The molecule has 0 saturated carbocycles. The van der Waals surface area contributed by atoms with Crippen molar-refractivity contribution in [3.63, 3.8) is 0 Å². The number of ether oxygens (including phenoxy) is 1. The Kier molecular flexibility index (Phi) is 6.49. The van der Waals surface area contributed by atoms with Crippen LogP contribution >= 0.6 is 0 Å². The molecular weight excluding hydrogens is 314 g/mol. The van der Waals surface area contributed by atoms with E-state index in [1.54, 1.807) is 0 Å². The topological polar surface area (TPSA) is 36.8 Å². The Morgan fingerprint density at radius 1 is 1.16 bits per heavy atom. The molecule has 1 atom stereocenters. The van der Waals surface area contributed by atoms with Crippen LogP contribution in [0.1, 0.15) is 32.0 Å². The van der Waals surface area contributed by atoms with Gasteiger partial charge in [-0.1, -0.05) is 6.92 Å². The van der Waals surface area contributed by atoms with Gasteiger partial charge >= 0.3 is 0 Å². The van der Waals surface area contributed by atoms with Crippen LogP contribution in [-0.2, 0) is 24.8 Å². The first-order valence-corrected chi connectivity index (χ1v) is 9.87. The van der Waals surface area contributed by atoms with E-state index in [1.807, 2.05) is 11.7 Å². The Morgan fingerprint density at radius 2 is 1.88 bits per heavy atom. The summed E-state index contributed by atoms with van der Waals surface area (Å²) in [5.41, 5.74) is 2.64. The zero-order chi connectivity index (χ0) is 17.8. The van der Waals surface area contributed by atoms with Gasteiger partial charge in [-0.15, -0.1) is 0 Å².